The normalized spacial score (nSPS) is 11.7. The quantitative estimate of drug-likeness (QED) is 0.0510. The smallest absolute Gasteiger partial charge is 0.426 e. The summed E-state index contributed by atoms with van der Waals surface area (Å²) in [5, 5.41) is 21.9. The minimum Gasteiger partial charge on any atom is -0.494 e. The number of rotatable bonds is 13. The summed E-state index contributed by atoms with van der Waals surface area (Å²) < 4.78 is 80.6. The molecular formula is C27H21F5N2O8. The number of hydrogen-bond acceptors (Lipinski definition) is 8. The standard InChI is InChI=1S/C27H21F5N2O8/c28-26(29,30)12-1-13-40-23-7-9-24(10-8-23)42-27(31,32)20-5-2-18(3-6-20)4-11-25(35)41-17-19-14-21(33(36)37)16-22(15-19)34(38)39/h2-11,14-16H,1,12-13,17H2. The number of halogens is 5. The van der Waals surface area contributed by atoms with Crippen LogP contribution in [0.3, 0.4) is 0 Å². The molecule has 15 heteroatoms. The topological polar surface area (TPSA) is 131 Å². The van der Waals surface area contributed by atoms with Crippen LogP contribution in [-0.4, -0.2) is 28.6 Å². The Kier molecular flexibility index (Phi) is 10.1. The van der Waals surface area contributed by atoms with Gasteiger partial charge in [-0.1, -0.05) is 12.1 Å². The molecule has 0 atom stereocenters. The van der Waals surface area contributed by atoms with Gasteiger partial charge in [0.2, 0.25) is 0 Å². The zero-order chi connectivity index (χ0) is 30.9. The number of alkyl halides is 5. The number of ether oxygens (including phenoxy) is 3. The summed E-state index contributed by atoms with van der Waals surface area (Å²) in [4.78, 5) is 32.3. The number of hydrogen-bond donors (Lipinski definition) is 0. The molecule has 0 N–H and O–H groups in total. The number of carbonyl (C=O) groups excluding carboxylic acids is 1. The van der Waals surface area contributed by atoms with Gasteiger partial charge < -0.3 is 14.2 Å². The van der Waals surface area contributed by atoms with Gasteiger partial charge in [0.05, 0.1) is 28.1 Å². The number of carbonyl (C=O) groups is 1. The van der Waals surface area contributed by atoms with Crippen LogP contribution < -0.4 is 9.47 Å². The van der Waals surface area contributed by atoms with Crippen LogP contribution in [0, 0.1) is 20.2 Å². The second kappa shape index (κ2) is 13.5. The van der Waals surface area contributed by atoms with E-state index in [9.17, 15) is 47.0 Å². The van der Waals surface area contributed by atoms with E-state index in [0.29, 0.717) is 5.56 Å². The molecule has 0 bridgehead atoms. The lowest BCUT2D eigenvalue weighted by Gasteiger charge is -2.18. The predicted octanol–water partition coefficient (Wildman–Crippen LogP) is 7.11. The summed E-state index contributed by atoms with van der Waals surface area (Å²) >= 11 is 0. The Morgan fingerprint density at radius 2 is 1.40 bits per heavy atom. The molecule has 0 radical (unpaired) electrons. The monoisotopic (exact) mass is 596 g/mol. The lowest BCUT2D eigenvalue weighted by atomic mass is 10.1. The third-order valence-electron chi connectivity index (χ3n) is 5.37. The number of benzene rings is 3. The van der Waals surface area contributed by atoms with E-state index in [-0.39, 0.29) is 30.1 Å². The van der Waals surface area contributed by atoms with Crippen molar-refractivity contribution in [3.63, 3.8) is 0 Å². The van der Waals surface area contributed by atoms with E-state index in [1.165, 1.54) is 42.5 Å². The molecule has 0 fully saturated rings. The van der Waals surface area contributed by atoms with Gasteiger partial charge in [-0.05, 0) is 54.5 Å². The average Bonchev–Trinajstić information content (AvgIpc) is 2.93. The van der Waals surface area contributed by atoms with Gasteiger partial charge in [0, 0.05) is 30.2 Å². The fraction of sp³-hybridized carbons (Fsp3) is 0.222. The maximum atomic E-state index is 14.6. The molecule has 0 saturated carbocycles. The van der Waals surface area contributed by atoms with E-state index in [0.717, 1.165) is 36.4 Å². The summed E-state index contributed by atoms with van der Waals surface area (Å²) in [7, 11) is 0. The molecule has 3 aromatic carbocycles. The zero-order valence-electron chi connectivity index (χ0n) is 21.4. The van der Waals surface area contributed by atoms with E-state index < -0.39 is 58.1 Å². The van der Waals surface area contributed by atoms with Crippen molar-refractivity contribution in [2.45, 2.75) is 31.7 Å². The Bertz CT molecular complexity index is 1410. The Labute approximate surface area is 234 Å². The highest BCUT2D eigenvalue weighted by Crippen LogP contribution is 2.33. The Morgan fingerprint density at radius 3 is 1.95 bits per heavy atom. The molecule has 222 valence electrons. The SMILES string of the molecule is O=C(C=Cc1ccc(C(F)(F)Oc2ccc(OCCCC(F)(F)F)cc2)cc1)OCc1cc([N+](=O)[O-])cc([N+](=O)[O-])c1. The molecule has 3 aromatic rings. The number of nitro benzene ring substituents is 2. The van der Waals surface area contributed by atoms with Crippen LogP contribution in [0.25, 0.3) is 6.08 Å². The maximum Gasteiger partial charge on any atom is 0.426 e. The molecule has 42 heavy (non-hydrogen) atoms. The van der Waals surface area contributed by atoms with Crippen molar-refractivity contribution in [3.05, 3.63) is 110 Å². The van der Waals surface area contributed by atoms with Crippen molar-refractivity contribution in [2.24, 2.45) is 0 Å². The van der Waals surface area contributed by atoms with Crippen LogP contribution in [-0.2, 0) is 22.2 Å². The van der Waals surface area contributed by atoms with Crippen LogP contribution in [0.1, 0.15) is 29.5 Å². The van der Waals surface area contributed by atoms with Crippen molar-refractivity contribution in [1.82, 2.24) is 0 Å². The molecule has 3 rings (SSSR count). The van der Waals surface area contributed by atoms with Crippen molar-refractivity contribution in [2.75, 3.05) is 6.61 Å². The van der Waals surface area contributed by atoms with Crippen LogP contribution in [0.2, 0.25) is 0 Å². The summed E-state index contributed by atoms with van der Waals surface area (Å²) in [5.41, 5.74) is -1.24. The minimum atomic E-state index is -4.29. The summed E-state index contributed by atoms with van der Waals surface area (Å²) in [6.07, 6.45) is -7.07. The van der Waals surface area contributed by atoms with Gasteiger partial charge in [0.25, 0.3) is 11.4 Å². The van der Waals surface area contributed by atoms with Crippen LogP contribution in [0.15, 0.2) is 72.8 Å². The molecule has 0 spiro atoms. The van der Waals surface area contributed by atoms with E-state index in [4.69, 9.17) is 14.2 Å². The van der Waals surface area contributed by atoms with Gasteiger partial charge in [-0.15, -0.1) is 0 Å². The van der Waals surface area contributed by atoms with Gasteiger partial charge in [0.1, 0.15) is 18.1 Å². The lowest BCUT2D eigenvalue weighted by molar-refractivity contribution is -0.394. The van der Waals surface area contributed by atoms with Crippen molar-refractivity contribution in [1.29, 1.82) is 0 Å². The van der Waals surface area contributed by atoms with Crippen LogP contribution >= 0.6 is 0 Å². The predicted molar refractivity (Wildman–Crippen MR) is 137 cm³/mol. The fourth-order valence-electron chi connectivity index (χ4n) is 3.38. The first-order valence-corrected chi connectivity index (χ1v) is 12.0. The largest absolute Gasteiger partial charge is 0.494 e. The number of non-ortho nitro benzene ring substituents is 2. The van der Waals surface area contributed by atoms with Crippen molar-refractivity contribution >= 4 is 23.4 Å². The molecular weight excluding hydrogens is 575 g/mol. The highest BCUT2D eigenvalue weighted by molar-refractivity contribution is 5.87. The lowest BCUT2D eigenvalue weighted by Crippen LogP contribution is -2.21. The van der Waals surface area contributed by atoms with Gasteiger partial charge >= 0.3 is 18.3 Å². The van der Waals surface area contributed by atoms with Crippen molar-refractivity contribution in [3.8, 4) is 11.5 Å². The van der Waals surface area contributed by atoms with E-state index in [1.54, 1.807) is 0 Å². The first-order valence-electron chi connectivity index (χ1n) is 12.0. The molecule has 0 aromatic heterocycles. The Hall–Kier alpha value is -5.08. The van der Waals surface area contributed by atoms with Crippen LogP contribution in [0.5, 0.6) is 11.5 Å². The average molecular weight is 596 g/mol. The van der Waals surface area contributed by atoms with Crippen molar-refractivity contribution < 1.29 is 50.8 Å². The minimum absolute atomic E-state index is 0.0207. The highest BCUT2D eigenvalue weighted by atomic mass is 19.4. The van der Waals surface area contributed by atoms with E-state index >= 15 is 0 Å². The summed E-state index contributed by atoms with van der Waals surface area (Å²) in [5.74, 6) is -0.924. The Morgan fingerprint density at radius 1 is 0.833 bits per heavy atom. The van der Waals surface area contributed by atoms with Crippen LogP contribution in [0.4, 0.5) is 33.3 Å². The Balaban J connectivity index is 1.53. The molecule has 0 aliphatic rings. The molecule has 10 nitrogen and oxygen atoms in total. The molecule has 0 aliphatic carbocycles. The van der Waals surface area contributed by atoms with Gasteiger partial charge in [0.15, 0.2) is 0 Å². The summed E-state index contributed by atoms with van der Waals surface area (Å²) in [6, 6.07) is 12.4. The molecule has 0 heterocycles. The zero-order valence-corrected chi connectivity index (χ0v) is 21.4. The number of nitrogens with zero attached hydrogens (tertiary/aromatic N) is 2. The summed E-state index contributed by atoms with van der Waals surface area (Å²) in [6.45, 7) is -0.684. The second-order valence-corrected chi connectivity index (χ2v) is 8.59. The number of nitro groups is 2. The first-order chi connectivity index (χ1) is 19.7. The van der Waals surface area contributed by atoms with E-state index in [1.807, 2.05) is 0 Å². The fourth-order valence-corrected chi connectivity index (χ4v) is 3.38. The maximum absolute atomic E-state index is 14.6. The molecule has 0 saturated heterocycles. The second-order valence-electron chi connectivity index (χ2n) is 8.59. The van der Waals surface area contributed by atoms with Gasteiger partial charge in [-0.2, -0.15) is 22.0 Å². The van der Waals surface area contributed by atoms with E-state index in [2.05, 4.69) is 0 Å². The third-order valence-corrected chi connectivity index (χ3v) is 5.37. The molecule has 0 amide bonds. The van der Waals surface area contributed by atoms with Gasteiger partial charge in [-0.3, -0.25) is 20.2 Å². The highest BCUT2D eigenvalue weighted by Gasteiger charge is 2.34. The number of esters is 1. The van der Waals surface area contributed by atoms with Gasteiger partial charge in [-0.25, -0.2) is 4.79 Å². The molecule has 0 aliphatic heterocycles. The third kappa shape index (κ3) is 9.83. The molecule has 0 unspecified atom stereocenters. The first kappa shape index (κ1) is 31.4.